The Morgan fingerprint density at radius 3 is 2.30 bits per heavy atom. The first-order valence-electron chi connectivity index (χ1n) is 5.65. The minimum absolute atomic E-state index is 0.0215. The van der Waals surface area contributed by atoms with Gasteiger partial charge >= 0.3 is 6.18 Å². The van der Waals surface area contributed by atoms with Crippen molar-refractivity contribution < 1.29 is 13.2 Å². The number of hydrogen-bond acceptors (Lipinski definition) is 1. The molecule has 2 aromatic rings. The van der Waals surface area contributed by atoms with E-state index in [2.05, 4.69) is 5.32 Å². The average molecular weight is 299 g/mol. The van der Waals surface area contributed by atoms with E-state index >= 15 is 0 Å². The summed E-state index contributed by atoms with van der Waals surface area (Å²) < 4.78 is 37.9. The predicted molar refractivity (Wildman–Crippen MR) is 73.3 cm³/mol. The normalized spacial score (nSPS) is 11.2. The van der Waals surface area contributed by atoms with E-state index in [9.17, 15) is 13.2 Å². The Balaban J connectivity index is 2.27. The van der Waals surface area contributed by atoms with E-state index in [1.165, 1.54) is 0 Å². The Bertz CT molecular complexity index is 624. The van der Waals surface area contributed by atoms with Crippen LogP contribution < -0.4 is 5.32 Å². The number of benzene rings is 2. The zero-order chi connectivity index (χ0) is 14.8. The molecule has 6 heteroatoms. The van der Waals surface area contributed by atoms with Gasteiger partial charge in [0.25, 0.3) is 0 Å². The standard InChI is InChI=1S/C14H10ClF3N2/c15-11-7-6-10(14(16,17)18)8-12(11)20-13(19)9-4-2-1-3-5-9/h1-8H,(H2,19,20). The van der Waals surface area contributed by atoms with Crippen LogP contribution in [0.2, 0.25) is 5.02 Å². The summed E-state index contributed by atoms with van der Waals surface area (Å²) in [7, 11) is 0. The van der Waals surface area contributed by atoms with E-state index in [0.29, 0.717) is 5.56 Å². The lowest BCUT2D eigenvalue weighted by Crippen LogP contribution is -2.13. The van der Waals surface area contributed by atoms with Gasteiger partial charge in [-0.2, -0.15) is 13.2 Å². The van der Waals surface area contributed by atoms with E-state index in [1.54, 1.807) is 30.3 Å². The number of alkyl halides is 3. The lowest BCUT2D eigenvalue weighted by molar-refractivity contribution is -0.137. The second-order valence-corrected chi connectivity index (χ2v) is 4.47. The second-order valence-electron chi connectivity index (χ2n) is 4.06. The molecule has 0 radical (unpaired) electrons. The Hall–Kier alpha value is -2.01. The zero-order valence-electron chi connectivity index (χ0n) is 10.1. The number of halogens is 4. The fourth-order valence-corrected chi connectivity index (χ4v) is 1.77. The molecule has 0 aliphatic heterocycles. The summed E-state index contributed by atoms with van der Waals surface area (Å²) in [5, 5.41) is 10.6. The molecule has 20 heavy (non-hydrogen) atoms. The van der Waals surface area contributed by atoms with E-state index in [-0.39, 0.29) is 16.5 Å². The maximum absolute atomic E-state index is 12.6. The summed E-state index contributed by atoms with van der Waals surface area (Å²) in [4.78, 5) is 0. The average Bonchev–Trinajstić information content (AvgIpc) is 2.41. The SMILES string of the molecule is N=C(Nc1cc(C(F)(F)F)ccc1Cl)c1ccccc1. The molecule has 0 unspecified atom stereocenters. The van der Waals surface area contributed by atoms with Gasteiger partial charge in [-0.1, -0.05) is 41.9 Å². The fourth-order valence-electron chi connectivity index (χ4n) is 1.61. The van der Waals surface area contributed by atoms with Gasteiger partial charge in [0, 0.05) is 5.56 Å². The number of nitrogens with one attached hydrogen (secondary N) is 2. The molecule has 2 rings (SSSR count). The van der Waals surface area contributed by atoms with Crippen molar-refractivity contribution in [3.8, 4) is 0 Å². The van der Waals surface area contributed by atoms with Gasteiger partial charge in [0.2, 0.25) is 0 Å². The highest BCUT2D eigenvalue weighted by Gasteiger charge is 2.31. The Kier molecular flexibility index (Phi) is 3.99. The Labute approximate surface area is 118 Å². The number of amidine groups is 1. The third kappa shape index (κ3) is 3.30. The second kappa shape index (κ2) is 5.54. The van der Waals surface area contributed by atoms with Crippen LogP contribution in [0.1, 0.15) is 11.1 Å². The molecule has 0 heterocycles. The van der Waals surface area contributed by atoms with Crippen molar-refractivity contribution in [3.05, 3.63) is 64.7 Å². The van der Waals surface area contributed by atoms with Crippen LogP contribution in [-0.4, -0.2) is 5.84 Å². The van der Waals surface area contributed by atoms with Crippen molar-refractivity contribution in [1.82, 2.24) is 0 Å². The molecule has 2 nitrogen and oxygen atoms in total. The molecule has 104 valence electrons. The first-order valence-corrected chi connectivity index (χ1v) is 6.03. The van der Waals surface area contributed by atoms with Crippen molar-refractivity contribution in [2.75, 3.05) is 5.32 Å². The summed E-state index contributed by atoms with van der Waals surface area (Å²) in [6, 6.07) is 11.6. The number of hydrogen-bond donors (Lipinski definition) is 2. The highest BCUT2D eigenvalue weighted by atomic mass is 35.5. The molecule has 0 aromatic heterocycles. The number of rotatable bonds is 2. The van der Waals surface area contributed by atoms with Gasteiger partial charge in [-0.3, -0.25) is 5.41 Å². The van der Waals surface area contributed by atoms with Crippen molar-refractivity contribution in [2.24, 2.45) is 0 Å². The third-order valence-corrected chi connectivity index (χ3v) is 2.95. The molecule has 0 amide bonds. The van der Waals surface area contributed by atoms with Gasteiger partial charge in [0.15, 0.2) is 0 Å². The van der Waals surface area contributed by atoms with Crippen LogP contribution in [0.4, 0.5) is 18.9 Å². The molecular weight excluding hydrogens is 289 g/mol. The summed E-state index contributed by atoms with van der Waals surface area (Å²) in [5.74, 6) is -0.0215. The van der Waals surface area contributed by atoms with Crippen molar-refractivity contribution in [2.45, 2.75) is 6.18 Å². The van der Waals surface area contributed by atoms with Crippen LogP contribution >= 0.6 is 11.6 Å². The summed E-state index contributed by atoms with van der Waals surface area (Å²) in [5.41, 5.74) is -0.207. The van der Waals surface area contributed by atoms with Crippen LogP contribution in [0.5, 0.6) is 0 Å². The minimum Gasteiger partial charge on any atom is -0.339 e. The zero-order valence-corrected chi connectivity index (χ0v) is 10.9. The maximum atomic E-state index is 12.6. The first kappa shape index (κ1) is 14.4. The maximum Gasteiger partial charge on any atom is 0.416 e. The van der Waals surface area contributed by atoms with E-state index in [4.69, 9.17) is 17.0 Å². The fraction of sp³-hybridized carbons (Fsp3) is 0.0714. The molecule has 0 aliphatic rings. The molecule has 2 N–H and O–H groups in total. The van der Waals surface area contributed by atoms with Crippen LogP contribution in [0.25, 0.3) is 0 Å². The Morgan fingerprint density at radius 2 is 1.70 bits per heavy atom. The minimum atomic E-state index is -4.45. The predicted octanol–water partition coefficient (Wildman–Crippen LogP) is 4.80. The summed E-state index contributed by atoms with van der Waals surface area (Å²) in [6.45, 7) is 0. The van der Waals surface area contributed by atoms with Crippen LogP contribution in [-0.2, 0) is 6.18 Å². The highest BCUT2D eigenvalue weighted by molar-refractivity contribution is 6.34. The molecular formula is C14H10ClF3N2. The lowest BCUT2D eigenvalue weighted by atomic mass is 10.1. The van der Waals surface area contributed by atoms with Gasteiger partial charge in [0.1, 0.15) is 5.84 Å². The van der Waals surface area contributed by atoms with Gasteiger partial charge in [-0.05, 0) is 18.2 Å². The monoisotopic (exact) mass is 298 g/mol. The van der Waals surface area contributed by atoms with Crippen molar-refractivity contribution >= 4 is 23.1 Å². The van der Waals surface area contributed by atoms with Gasteiger partial charge in [0.05, 0.1) is 16.3 Å². The molecule has 0 bridgehead atoms. The topological polar surface area (TPSA) is 35.9 Å². The Morgan fingerprint density at radius 1 is 1.05 bits per heavy atom. The van der Waals surface area contributed by atoms with E-state index in [1.807, 2.05) is 0 Å². The van der Waals surface area contributed by atoms with Crippen LogP contribution in [0, 0.1) is 5.41 Å². The molecule has 0 aliphatic carbocycles. The molecule has 0 saturated heterocycles. The third-order valence-electron chi connectivity index (χ3n) is 2.62. The smallest absolute Gasteiger partial charge is 0.339 e. The molecule has 0 fully saturated rings. The first-order chi connectivity index (χ1) is 9.38. The van der Waals surface area contributed by atoms with Crippen LogP contribution in [0.3, 0.4) is 0 Å². The summed E-state index contributed by atoms with van der Waals surface area (Å²) in [6.07, 6.45) is -4.45. The lowest BCUT2D eigenvalue weighted by Gasteiger charge is -2.13. The molecule has 0 saturated carbocycles. The highest BCUT2D eigenvalue weighted by Crippen LogP contribution is 2.33. The van der Waals surface area contributed by atoms with Gasteiger partial charge < -0.3 is 5.32 Å². The number of anilines is 1. The quantitative estimate of drug-likeness (QED) is 0.606. The van der Waals surface area contributed by atoms with Crippen LogP contribution in [0.15, 0.2) is 48.5 Å². The summed E-state index contributed by atoms with van der Waals surface area (Å²) >= 11 is 5.85. The molecule has 2 aromatic carbocycles. The van der Waals surface area contributed by atoms with Crippen molar-refractivity contribution in [1.29, 1.82) is 5.41 Å². The van der Waals surface area contributed by atoms with Gasteiger partial charge in [-0.15, -0.1) is 0 Å². The van der Waals surface area contributed by atoms with E-state index < -0.39 is 11.7 Å². The van der Waals surface area contributed by atoms with E-state index in [0.717, 1.165) is 18.2 Å². The molecule has 0 atom stereocenters. The largest absolute Gasteiger partial charge is 0.416 e. The van der Waals surface area contributed by atoms with Crippen molar-refractivity contribution in [3.63, 3.8) is 0 Å². The molecule has 0 spiro atoms. The van der Waals surface area contributed by atoms with Gasteiger partial charge in [-0.25, -0.2) is 0 Å².